The van der Waals surface area contributed by atoms with Gasteiger partial charge in [0.25, 0.3) is 0 Å². The molecule has 0 radical (unpaired) electrons. The minimum atomic E-state index is -2.99. The van der Waals surface area contributed by atoms with E-state index in [9.17, 15) is 8.42 Å². The van der Waals surface area contributed by atoms with Crippen molar-refractivity contribution in [3.05, 3.63) is 16.4 Å². The summed E-state index contributed by atoms with van der Waals surface area (Å²) in [4.78, 5) is 0. The fourth-order valence-corrected chi connectivity index (χ4v) is 2.76. The third kappa shape index (κ3) is 2.81. The number of fused-ring (bicyclic) bond motifs is 1. The Morgan fingerprint density at radius 3 is 2.94 bits per heavy atom. The largest absolute Gasteiger partial charge is 0.376 e. The van der Waals surface area contributed by atoms with E-state index in [0.29, 0.717) is 24.9 Å². The second-order valence-electron chi connectivity index (χ2n) is 3.98. The first-order valence-electron chi connectivity index (χ1n) is 5.55. The number of rotatable bonds is 4. The molecule has 0 unspecified atom stereocenters. The summed E-state index contributed by atoms with van der Waals surface area (Å²) in [5.41, 5.74) is 1.82. The Labute approximate surface area is 106 Å². The van der Waals surface area contributed by atoms with Crippen molar-refractivity contribution in [2.24, 2.45) is 0 Å². The Balaban J connectivity index is 2.14. The molecule has 0 aromatic carbocycles. The van der Waals surface area contributed by atoms with Gasteiger partial charge in [-0.1, -0.05) is 18.5 Å². The van der Waals surface area contributed by atoms with Gasteiger partial charge in [0.15, 0.2) is 9.84 Å². The van der Waals surface area contributed by atoms with Crippen molar-refractivity contribution < 1.29 is 13.2 Å². The van der Waals surface area contributed by atoms with Gasteiger partial charge in [0.05, 0.1) is 31.2 Å². The summed E-state index contributed by atoms with van der Waals surface area (Å²) in [5, 5.41) is 4.83. The van der Waals surface area contributed by atoms with Crippen LogP contribution in [-0.2, 0) is 34.1 Å². The summed E-state index contributed by atoms with van der Waals surface area (Å²) in [7, 11) is -2.99. The predicted octanol–water partition coefficient (Wildman–Crippen LogP) is 1.04. The Bertz CT molecular complexity index is 510. The highest BCUT2D eigenvalue weighted by Crippen LogP contribution is 2.24. The van der Waals surface area contributed by atoms with Crippen LogP contribution in [0.4, 0.5) is 0 Å². The maximum absolute atomic E-state index is 11.4. The molecule has 96 valence electrons. The Morgan fingerprint density at radius 2 is 2.29 bits per heavy atom. The molecule has 0 bridgehead atoms. The Hall–Kier alpha value is -0.590. The average Bonchev–Trinajstić information content (AvgIpc) is 2.65. The molecule has 1 aromatic heterocycles. The van der Waals surface area contributed by atoms with E-state index in [0.717, 1.165) is 17.7 Å². The van der Waals surface area contributed by atoms with Crippen molar-refractivity contribution in [3.8, 4) is 0 Å². The van der Waals surface area contributed by atoms with Gasteiger partial charge in [-0.2, -0.15) is 5.10 Å². The van der Waals surface area contributed by atoms with Crippen LogP contribution in [0.15, 0.2) is 0 Å². The highest BCUT2D eigenvalue weighted by Gasteiger charge is 2.20. The first-order chi connectivity index (χ1) is 8.03. The number of hydrogen-bond donors (Lipinski definition) is 0. The molecule has 1 aliphatic heterocycles. The number of ether oxygens (including phenoxy) is 1. The van der Waals surface area contributed by atoms with E-state index in [4.69, 9.17) is 16.3 Å². The third-order valence-corrected chi connectivity index (χ3v) is 4.96. The minimum Gasteiger partial charge on any atom is -0.376 e. The summed E-state index contributed by atoms with van der Waals surface area (Å²) < 4.78 is 29.7. The smallest absolute Gasteiger partial charge is 0.151 e. The summed E-state index contributed by atoms with van der Waals surface area (Å²) in [5.74, 6) is 0.222. The standard InChI is InChI=1S/C10H15ClN2O3S/c1-2-17(14,15)6-4-13-10(11)8-7-16-5-3-9(8)12-13/h2-7H2,1H3. The van der Waals surface area contributed by atoms with Crippen molar-refractivity contribution in [1.29, 1.82) is 0 Å². The van der Waals surface area contributed by atoms with Gasteiger partial charge in [0.2, 0.25) is 0 Å². The molecular weight excluding hydrogens is 264 g/mol. The van der Waals surface area contributed by atoms with Gasteiger partial charge >= 0.3 is 0 Å². The van der Waals surface area contributed by atoms with E-state index >= 15 is 0 Å². The molecule has 0 fully saturated rings. The van der Waals surface area contributed by atoms with Crippen LogP contribution in [0.5, 0.6) is 0 Å². The van der Waals surface area contributed by atoms with Gasteiger partial charge in [-0.15, -0.1) is 0 Å². The van der Waals surface area contributed by atoms with Crippen molar-refractivity contribution in [1.82, 2.24) is 9.78 Å². The van der Waals surface area contributed by atoms with Crippen molar-refractivity contribution in [3.63, 3.8) is 0 Å². The van der Waals surface area contributed by atoms with E-state index in [2.05, 4.69) is 5.10 Å². The van der Waals surface area contributed by atoms with E-state index < -0.39 is 9.84 Å². The van der Waals surface area contributed by atoms with Gasteiger partial charge in [-0.05, 0) is 0 Å². The normalized spacial score (nSPS) is 15.9. The molecule has 0 aliphatic carbocycles. The molecule has 1 aromatic rings. The lowest BCUT2D eigenvalue weighted by molar-refractivity contribution is 0.110. The lowest BCUT2D eigenvalue weighted by Gasteiger charge is -2.09. The number of aryl methyl sites for hydroxylation is 1. The zero-order chi connectivity index (χ0) is 12.5. The summed E-state index contributed by atoms with van der Waals surface area (Å²) >= 11 is 6.14. The van der Waals surface area contributed by atoms with Crippen molar-refractivity contribution >= 4 is 21.4 Å². The zero-order valence-corrected chi connectivity index (χ0v) is 11.2. The maximum atomic E-state index is 11.4. The molecule has 0 saturated heterocycles. The Morgan fingerprint density at radius 1 is 1.53 bits per heavy atom. The van der Waals surface area contributed by atoms with Crippen LogP contribution in [0.2, 0.25) is 5.15 Å². The SMILES string of the molecule is CCS(=O)(=O)CCn1nc2c(c1Cl)COCC2. The highest BCUT2D eigenvalue weighted by molar-refractivity contribution is 7.91. The first kappa shape index (κ1) is 12.9. The fourth-order valence-electron chi connectivity index (χ4n) is 1.73. The van der Waals surface area contributed by atoms with E-state index in [1.54, 1.807) is 11.6 Å². The van der Waals surface area contributed by atoms with Crippen LogP contribution in [0.25, 0.3) is 0 Å². The van der Waals surface area contributed by atoms with Gasteiger partial charge in [-0.25, -0.2) is 8.42 Å². The summed E-state index contributed by atoms with van der Waals surface area (Å²) in [6.45, 7) is 3.06. The molecule has 0 amide bonds. The molecule has 5 nitrogen and oxygen atoms in total. The molecular formula is C10H15ClN2O3S. The lowest BCUT2D eigenvalue weighted by atomic mass is 10.2. The second kappa shape index (κ2) is 4.96. The predicted molar refractivity (Wildman–Crippen MR) is 64.9 cm³/mol. The molecule has 0 saturated carbocycles. The number of hydrogen-bond acceptors (Lipinski definition) is 4. The van der Waals surface area contributed by atoms with Crippen LogP contribution in [0.1, 0.15) is 18.2 Å². The number of aromatic nitrogens is 2. The van der Waals surface area contributed by atoms with E-state index in [-0.39, 0.29) is 11.5 Å². The second-order valence-corrected chi connectivity index (χ2v) is 6.81. The maximum Gasteiger partial charge on any atom is 0.151 e. The molecule has 7 heteroatoms. The van der Waals surface area contributed by atoms with Crippen LogP contribution in [0.3, 0.4) is 0 Å². The molecule has 0 spiro atoms. The third-order valence-electron chi connectivity index (χ3n) is 2.85. The monoisotopic (exact) mass is 278 g/mol. The number of nitrogens with zero attached hydrogens (tertiary/aromatic N) is 2. The van der Waals surface area contributed by atoms with Crippen LogP contribution in [0, 0.1) is 0 Å². The molecule has 2 heterocycles. The molecule has 0 atom stereocenters. The van der Waals surface area contributed by atoms with Gasteiger partial charge < -0.3 is 4.74 Å². The zero-order valence-electron chi connectivity index (χ0n) is 9.65. The van der Waals surface area contributed by atoms with Crippen LogP contribution < -0.4 is 0 Å². The minimum absolute atomic E-state index is 0.0740. The lowest BCUT2D eigenvalue weighted by Crippen LogP contribution is -2.15. The topological polar surface area (TPSA) is 61.2 Å². The van der Waals surface area contributed by atoms with Gasteiger partial charge in [0, 0.05) is 17.7 Å². The highest BCUT2D eigenvalue weighted by atomic mass is 35.5. The quantitative estimate of drug-likeness (QED) is 0.826. The van der Waals surface area contributed by atoms with Crippen LogP contribution in [-0.4, -0.2) is 36.3 Å². The molecule has 2 rings (SSSR count). The van der Waals surface area contributed by atoms with Crippen molar-refractivity contribution in [2.75, 3.05) is 18.1 Å². The van der Waals surface area contributed by atoms with Crippen LogP contribution >= 0.6 is 11.6 Å². The number of halogens is 1. The number of sulfone groups is 1. The van der Waals surface area contributed by atoms with Gasteiger partial charge in [-0.3, -0.25) is 4.68 Å². The fraction of sp³-hybridized carbons (Fsp3) is 0.700. The van der Waals surface area contributed by atoms with E-state index in [1.807, 2.05) is 0 Å². The Kier molecular flexibility index (Phi) is 3.75. The van der Waals surface area contributed by atoms with E-state index in [1.165, 1.54) is 0 Å². The summed E-state index contributed by atoms with van der Waals surface area (Å²) in [6, 6.07) is 0. The van der Waals surface area contributed by atoms with Gasteiger partial charge in [0.1, 0.15) is 5.15 Å². The summed E-state index contributed by atoms with van der Waals surface area (Å²) in [6.07, 6.45) is 0.739. The first-order valence-corrected chi connectivity index (χ1v) is 7.75. The van der Waals surface area contributed by atoms with Crippen molar-refractivity contribution in [2.45, 2.75) is 26.5 Å². The molecule has 0 N–H and O–H groups in total. The molecule has 1 aliphatic rings. The average molecular weight is 279 g/mol. The molecule has 17 heavy (non-hydrogen) atoms.